The van der Waals surface area contributed by atoms with Crippen molar-refractivity contribution >= 4 is 0 Å². The molecular weight excluding hydrogens is 294 g/mol. The molecular formula is C18H25NO4. The minimum absolute atomic E-state index is 0.00429. The fourth-order valence-electron chi connectivity index (χ4n) is 3.91. The van der Waals surface area contributed by atoms with Crippen molar-refractivity contribution < 1.29 is 18.9 Å². The molecule has 2 saturated heterocycles. The second-order valence-electron chi connectivity index (χ2n) is 6.66. The van der Waals surface area contributed by atoms with E-state index in [0.29, 0.717) is 6.61 Å². The molecule has 1 aromatic carbocycles. The zero-order valence-electron chi connectivity index (χ0n) is 13.7. The summed E-state index contributed by atoms with van der Waals surface area (Å²) in [6.45, 7) is 3.25. The molecule has 1 aromatic rings. The molecule has 126 valence electrons. The van der Waals surface area contributed by atoms with Crippen LogP contribution in [0.2, 0.25) is 0 Å². The van der Waals surface area contributed by atoms with Crippen LogP contribution in [-0.4, -0.2) is 50.2 Å². The molecule has 3 fully saturated rings. The van der Waals surface area contributed by atoms with E-state index in [0.717, 1.165) is 43.9 Å². The van der Waals surface area contributed by atoms with Crippen LogP contribution in [0.1, 0.15) is 37.5 Å². The van der Waals surface area contributed by atoms with E-state index in [1.807, 2.05) is 12.1 Å². The number of nitrogens with zero attached hydrogens (tertiary/aromatic N) is 1. The summed E-state index contributed by atoms with van der Waals surface area (Å²) in [7, 11) is 1.68. The first-order chi connectivity index (χ1) is 11.3. The quantitative estimate of drug-likeness (QED) is 0.853. The first-order valence-corrected chi connectivity index (χ1v) is 8.59. The Balaban J connectivity index is 1.40. The van der Waals surface area contributed by atoms with Crippen LogP contribution in [0.4, 0.5) is 0 Å². The molecule has 2 aliphatic heterocycles. The third-order valence-electron chi connectivity index (χ3n) is 5.10. The summed E-state index contributed by atoms with van der Waals surface area (Å²) in [5, 5.41) is 0. The van der Waals surface area contributed by atoms with E-state index in [2.05, 4.69) is 17.0 Å². The normalized spacial score (nSPS) is 30.3. The molecule has 1 aliphatic carbocycles. The lowest BCUT2D eigenvalue weighted by atomic mass is 10.1. The maximum absolute atomic E-state index is 6.25. The molecule has 2 unspecified atom stereocenters. The van der Waals surface area contributed by atoms with Crippen molar-refractivity contribution in [1.29, 1.82) is 0 Å². The van der Waals surface area contributed by atoms with Gasteiger partial charge in [0.1, 0.15) is 12.0 Å². The zero-order valence-corrected chi connectivity index (χ0v) is 13.7. The van der Waals surface area contributed by atoms with E-state index in [1.165, 1.54) is 12.8 Å². The fraction of sp³-hybridized carbons (Fsp3) is 0.667. The summed E-state index contributed by atoms with van der Waals surface area (Å²) in [5.41, 5.74) is 1.16. The van der Waals surface area contributed by atoms with Crippen molar-refractivity contribution in [3.05, 3.63) is 29.8 Å². The number of rotatable bonds is 4. The predicted molar refractivity (Wildman–Crippen MR) is 85.3 cm³/mol. The van der Waals surface area contributed by atoms with Crippen molar-refractivity contribution in [1.82, 2.24) is 4.90 Å². The highest BCUT2D eigenvalue weighted by Crippen LogP contribution is 2.40. The molecule has 1 saturated carbocycles. The lowest BCUT2D eigenvalue weighted by Gasteiger charge is -2.27. The van der Waals surface area contributed by atoms with Gasteiger partial charge in [-0.1, -0.05) is 12.1 Å². The van der Waals surface area contributed by atoms with Gasteiger partial charge < -0.3 is 18.9 Å². The van der Waals surface area contributed by atoms with Crippen molar-refractivity contribution in [2.75, 3.05) is 33.4 Å². The molecule has 3 aliphatic rings. The van der Waals surface area contributed by atoms with E-state index < -0.39 is 0 Å². The van der Waals surface area contributed by atoms with E-state index in [4.69, 9.17) is 18.9 Å². The van der Waals surface area contributed by atoms with Crippen molar-refractivity contribution in [2.45, 2.75) is 43.8 Å². The van der Waals surface area contributed by atoms with Crippen molar-refractivity contribution in [3.8, 4) is 5.75 Å². The maximum Gasteiger partial charge on any atom is 0.168 e. The molecule has 1 spiro atoms. The second kappa shape index (κ2) is 6.40. The van der Waals surface area contributed by atoms with Gasteiger partial charge >= 0.3 is 0 Å². The monoisotopic (exact) mass is 319 g/mol. The van der Waals surface area contributed by atoms with Crippen LogP contribution in [0.5, 0.6) is 5.75 Å². The Kier molecular flexibility index (Phi) is 4.28. The first-order valence-electron chi connectivity index (χ1n) is 8.59. The Morgan fingerprint density at radius 2 is 2.00 bits per heavy atom. The van der Waals surface area contributed by atoms with Crippen LogP contribution in [0.25, 0.3) is 0 Å². The highest BCUT2D eigenvalue weighted by atomic mass is 16.7. The smallest absolute Gasteiger partial charge is 0.168 e. The van der Waals surface area contributed by atoms with Crippen molar-refractivity contribution in [3.63, 3.8) is 0 Å². The minimum atomic E-state index is -0.277. The molecule has 0 aromatic heterocycles. The second-order valence-corrected chi connectivity index (χ2v) is 6.66. The van der Waals surface area contributed by atoms with E-state index in [9.17, 15) is 0 Å². The summed E-state index contributed by atoms with van der Waals surface area (Å²) in [5.74, 6) is 0.593. The van der Waals surface area contributed by atoms with E-state index in [1.54, 1.807) is 7.11 Å². The van der Waals surface area contributed by atoms with Gasteiger partial charge in [0.05, 0.1) is 26.4 Å². The standard InChI is InChI=1S/C18H25NO4/c1-20-15-6-4-14(5-7-15)17-19(10-11-21-17)12-16-13-22-18(23-16)8-2-3-9-18/h4-7,16-17H,2-3,8-13H2,1H3. The highest BCUT2D eigenvalue weighted by Gasteiger charge is 2.44. The zero-order chi connectivity index (χ0) is 15.7. The van der Waals surface area contributed by atoms with Crippen LogP contribution in [0, 0.1) is 0 Å². The molecule has 2 atom stereocenters. The summed E-state index contributed by atoms with van der Waals surface area (Å²) in [6.07, 6.45) is 4.67. The molecule has 0 amide bonds. The van der Waals surface area contributed by atoms with Gasteiger partial charge in [0.2, 0.25) is 0 Å². The summed E-state index contributed by atoms with van der Waals surface area (Å²) < 4.78 is 23.4. The van der Waals surface area contributed by atoms with Gasteiger partial charge in [-0.2, -0.15) is 0 Å². The molecule has 2 heterocycles. The predicted octanol–water partition coefficient (Wildman–Crippen LogP) is 2.71. The molecule has 0 radical (unpaired) electrons. The van der Waals surface area contributed by atoms with Crippen LogP contribution in [-0.2, 0) is 14.2 Å². The van der Waals surface area contributed by atoms with Crippen LogP contribution >= 0.6 is 0 Å². The number of ether oxygens (including phenoxy) is 4. The molecule has 5 heteroatoms. The first kappa shape index (κ1) is 15.4. The third-order valence-corrected chi connectivity index (χ3v) is 5.10. The molecule has 23 heavy (non-hydrogen) atoms. The van der Waals surface area contributed by atoms with Gasteiger partial charge in [0.15, 0.2) is 5.79 Å². The van der Waals surface area contributed by atoms with Gasteiger partial charge in [0.25, 0.3) is 0 Å². The number of benzene rings is 1. The Morgan fingerprint density at radius 3 is 2.74 bits per heavy atom. The van der Waals surface area contributed by atoms with Crippen LogP contribution in [0.3, 0.4) is 0 Å². The van der Waals surface area contributed by atoms with Crippen LogP contribution < -0.4 is 4.74 Å². The summed E-state index contributed by atoms with van der Waals surface area (Å²) >= 11 is 0. The highest BCUT2D eigenvalue weighted by molar-refractivity contribution is 5.28. The number of hydrogen-bond donors (Lipinski definition) is 0. The van der Waals surface area contributed by atoms with Crippen LogP contribution in [0.15, 0.2) is 24.3 Å². The Bertz CT molecular complexity index is 526. The minimum Gasteiger partial charge on any atom is -0.497 e. The Morgan fingerprint density at radius 1 is 1.22 bits per heavy atom. The lowest BCUT2D eigenvalue weighted by molar-refractivity contribution is -0.164. The van der Waals surface area contributed by atoms with Gasteiger partial charge in [-0.25, -0.2) is 0 Å². The lowest BCUT2D eigenvalue weighted by Crippen LogP contribution is -2.35. The average Bonchev–Trinajstić information content (AvgIpc) is 3.31. The van der Waals surface area contributed by atoms with Gasteiger partial charge in [-0.15, -0.1) is 0 Å². The van der Waals surface area contributed by atoms with Gasteiger partial charge in [-0.05, 0) is 30.5 Å². The molecule has 4 rings (SSSR count). The van der Waals surface area contributed by atoms with E-state index >= 15 is 0 Å². The van der Waals surface area contributed by atoms with Gasteiger partial charge in [-0.3, -0.25) is 4.90 Å². The van der Waals surface area contributed by atoms with Gasteiger partial charge in [0, 0.05) is 25.9 Å². The maximum atomic E-state index is 6.25. The Labute approximate surface area is 137 Å². The fourth-order valence-corrected chi connectivity index (χ4v) is 3.91. The van der Waals surface area contributed by atoms with Crippen molar-refractivity contribution in [2.24, 2.45) is 0 Å². The average molecular weight is 319 g/mol. The molecule has 5 nitrogen and oxygen atoms in total. The largest absolute Gasteiger partial charge is 0.497 e. The number of hydrogen-bond acceptors (Lipinski definition) is 5. The third kappa shape index (κ3) is 3.11. The summed E-state index contributed by atoms with van der Waals surface area (Å²) in [6, 6.07) is 8.12. The topological polar surface area (TPSA) is 40.2 Å². The number of methoxy groups -OCH3 is 1. The SMILES string of the molecule is COc1ccc(C2OCCN2CC2COC3(CCCC3)O2)cc1. The summed E-state index contributed by atoms with van der Waals surface area (Å²) in [4.78, 5) is 2.35. The van der Waals surface area contributed by atoms with E-state index in [-0.39, 0.29) is 18.1 Å². The molecule has 0 bridgehead atoms. The Hall–Kier alpha value is -1.14. The molecule has 0 N–H and O–H groups in total.